The molecule has 3 unspecified atom stereocenters. The van der Waals surface area contributed by atoms with Gasteiger partial charge < -0.3 is 39.3 Å². The van der Waals surface area contributed by atoms with Crippen LogP contribution in [0.3, 0.4) is 0 Å². The van der Waals surface area contributed by atoms with Crippen LogP contribution in [-0.4, -0.2) is 111 Å². The Kier molecular flexibility index (Phi) is 14.8. The zero-order chi connectivity index (χ0) is 31.0. The van der Waals surface area contributed by atoms with Gasteiger partial charge in [-0.1, -0.05) is 67.6 Å². The van der Waals surface area contributed by atoms with Gasteiger partial charge in [0, 0.05) is 24.2 Å². The van der Waals surface area contributed by atoms with Gasteiger partial charge in [0.05, 0.1) is 34.8 Å². The first-order valence-corrected chi connectivity index (χ1v) is 14.7. The Hall–Kier alpha value is -3.18. The van der Waals surface area contributed by atoms with Gasteiger partial charge in [0.15, 0.2) is 6.10 Å². The third kappa shape index (κ3) is 15.2. The zero-order valence-electron chi connectivity index (χ0n) is 26.0. The summed E-state index contributed by atoms with van der Waals surface area (Å²) in [5.41, 5.74) is 2.36. The molecular weight excluding hydrogens is 536 g/mol. The minimum absolute atomic E-state index is 0.0676. The molecule has 2 rings (SSSR count). The topological polar surface area (TPSA) is 117 Å². The van der Waals surface area contributed by atoms with E-state index in [-0.39, 0.29) is 19.1 Å². The number of ether oxygens (including phenoxy) is 2. The van der Waals surface area contributed by atoms with Gasteiger partial charge >= 0.3 is 12.2 Å². The number of nitrogens with one attached hydrogen (secondary N) is 2. The van der Waals surface area contributed by atoms with Crippen LogP contribution in [0.2, 0.25) is 0 Å². The largest absolute Gasteiger partial charge is 0.447 e. The minimum Gasteiger partial charge on any atom is -0.447 e. The molecule has 3 atom stereocenters. The Morgan fingerprint density at radius 2 is 1.38 bits per heavy atom. The summed E-state index contributed by atoms with van der Waals surface area (Å²) in [7, 11) is 8.14. The third-order valence-electron chi connectivity index (χ3n) is 6.93. The van der Waals surface area contributed by atoms with Gasteiger partial charge in [-0.25, -0.2) is 9.59 Å². The first-order chi connectivity index (χ1) is 19.9. The van der Waals surface area contributed by atoms with Crippen molar-refractivity contribution in [2.45, 2.75) is 45.1 Å². The zero-order valence-corrected chi connectivity index (χ0v) is 26.0. The molecule has 0 saturated heterocycles. The van der Waals surface area contributed by atoms with Crippen molar-refractivity contribution >= 4 is 12.2 Å². The van der Waals surface area contributed by atoms with Crippen LogP contribution in [0.4, 0.5) is 9.59 Å². The van der Waals surface area contributed by atoms with Crippen molar-refractivity contribution in [2.24, 2.45) is 5.92 Å². The molecule has 0 bridgehead atoms. The summed E-state index contributed by atoms with van der Waals surface area (Å²) in [6, 6.07) is 20.1. The highest BCUT2D eigenvalue weighted by Gasteiger charge is 2.25. The predicted molar refractivity (Wildman–Crippen MR) is 163 cm³/mol. The molecule has 4 N–H and O–H groups in total. The first kappa shape index (κ1) is 35.0. The number of rotatable bonds is 18. The Morgan fingerprint density at radius 3 is 1.93 bits per heavy atom. The average Bonchev–Trinajstić information content (AvgIpc) is 2.93. The Morgan fingerprint density at radius 1 is 0.833 bits per heavy atom. The minimum atomic E-state index is -0.764. The highest BCUT2D eigenvalue weighted by atomic mass is 16.6. The number of nitrogens with zero attached hydrogens (tertiary/aromatic N) is 2. The second kappa shape index (κ2) is 17.7. The summed E-state index contributed by atoms with van der Waals surface area (Å²) in [6.45, 7) is 5.01. The third-order valence-corrected chi connectivity index (χ3v) is 6.93. The number of likely N-dealkylation sites (N-methyl/N-ethyl adjacent to an activating group) is 2. The summed E-state index contributed by atoms with van der Waals surface area (Å²) in [5, 5.41) is 25.6. The molecule has 42 heavy (non-hydrogen) atoms. The summed E-state index contributed by atoms with van der Waals surface area (Å²) < 4.78 is 11.8. The maximum Gasteiger partial charge on any atom is 0.407 e. The number of hydrogen-bond donors (Lipinski definition) is 4. The van der Waals surface area contributed by atoms with Gasteiger partial charge in [-0.15, -0.1) is 0 Å². The van der Waals surface area contributed by atoms with E-state index in [9.17, 15) is 19.8 Å². The normalized spacial score (nSPS) is 14.0. The van der Waals surface area contributed by atoms with Crippen LogP contribution < -0.4 is 10.6 Å². The van der Waals surface area contributed by atoms with Gasteiger partial charge in [-0.2, -0.15) is 0 Å². The van der Waals surface area contributed by atoms with E-state index in [0.717, 1.165) is 19.5 Å². The lowest BCUT2D eigenvalue weighted by atomic mass is 10.1. The van der Waals surface area contributed by atoms with Crippen molar-refractivity contribution in [2.75, 3.05) is 67.6 Å². The summed E-state index contributed by atoms with van der Waals surface area (Å²) in [5.74, 6) is 0.166. The Labute approximate surface area is 251 Å². The molecule has 0 radical (unpaired) electrons. The van der Waals surface area contributed by atoms with E-state index in [1.165, 1.54) is 11.1 Å². The van der Waals surface area contributed by atoms with Crippen LogP contribution >= 0.6 is 0 Å². The van der Waals surface area contributed by atoms with Crippen molar-refractivity contribution in [1.29, 1.82) is 0 Å². The van der Waals surface area contributed by atoms with Crippen LogP contribution in [0, 0.1) is 5.92 Å². The number of carbonyl (C=O) groups excluding carboxylic acids is 2. The maximum atomic E-state index is 12.3. The SMILES string of the molecule is CC(CCCNC(=O)OCC(O)C[N+](C)(C)Cc1ccccc1)CNC(=O)OC(CO)C[N+](C)(C)Cc1ccccc1. The molecule has 2 aromatic carbocycles. The molecule has 0 spiro atoms. The number of amides is 2. The highest BCUT2D eigenvalue weighted by Crippen LogP contribution is 2.12. The molecule has 0 aliphatic heterocycles. The number of alkyl carbamates (subject to hydrolysis) is 2. The quantitative estimate of drug-likeness (QED) is 0.157. The number of hydrogen-bond acceptors (Lipinski definition) is 6. The van der Waals surface area contributed by atoms with Crippen LogP contribution in [0.5, 0.6) is 0 Å². The highest BCUT2D eigenvalue weighted by molar-refractivity contribution is 5.67. The molecular formula is C32H52N4O6+2. The van der Waals surface area contributed by atoms with Crippen LogP contribution in [-0.2, 0) is 22.6 Å². The number of aliphatic hydroxyl groups is 2. The van der Waals surface area contributed by atoms with Gasteiger partial charge in [0.2, 0.25) is 0 Å². The smallest absolute Gasteiger partial charge is 0.407 e. The van der Waals surface area contributed by atoms with E-state index in [0.29, 0.717) is 41.6 Å². The fraction of sp³-hybridized carbons (Fsp3) is 0.562. The average molecular weight is 589 g/mol. The molecule has 0 heterocycles. The van der Waals surface area contributed by atoms with E-state index in [4.69, 9.17) is 9.47 Å². The van der Waals surface area contributed by atoms with Gasteiger partial charge in [-0.05, 0) is 18.8 Å². The van der Waals surface area contributed by atoms with E-state index in [1.54, 1.807) is 0 Å². The van der Waals surface area contributed by atoms with Gasteiger partial charge in [-0.3, -0.25) is 0 Å². The van der Waals surface area contributed by atoms with Crippen molar-refractivity contribution in [3.8, 4) is 0 Å². The fourth-order valence-corrected chi connectivity index (χ4v) is 5.01. The van der Waals surface area contributed by atoms with Crippen LogP contribution in [0.25, 0.3) is 0 Å². The first-order valence-electron chi connectivity index (χ1n) is 14.7. The standard InChI is InChI=1S/C32H50N4O6/c1-26(19-34-32(40)42-30(24-37)23-36(4,5)21-28-16-10-7-11-17-28)13-12-18-33-31(39)41-25-29(38)22-35(2,3)20-27-14-8-6-9-15-27/h6-11,14-17,26,29-30,37-38H,12-13,18-25H2,1-5H3/p+2. The van der Waals surface area contributed by atoms with E-state index in [1.807, 2.05) is 71.5 Å². The maximum absolute atomic E-state index is 12.3. The predicted octanol–water partition coefficient (Wildman–Crippen LogP) is 3.13. The molecule has 2 aromatic rings. The van der Waals surface area contributed by atoms with Crippen molar-refractivity contribution < 1.29 is 38.2 Å². The Bertz CT molecular complexity index is 1050. The van der Waals surface area contributed by atoms with Crippen LogP contribution in [0.1, 0.15) is 30.9 Å². The van der Waals surface area contributed by atoms with E-state index < -0.39 is 24.4 Å². The Balaban J connectivity index is 1.57. The van der Waals surface area contributed by atoms with E-state index in [2.05, 4.69) is 34.9 Å². The molecule has 0 aliphatic rings. The van der Waals surface area contributed by atoms with E-state index >= 15 is 0 Å². The second-order valence-corrected chi connectivity index (χ2v) is 12.5. The number of aliphatic hydroxyl groups excluding tert-OH is 2. The molecule has 0 fully saturated rings. The summed E-state index contributed by atoms with van der Waals surface area (Å²) in [6.07, 6.45) is -0.993. The number of carbonyl (C=O) groups is 2. The number of quaternary nitrogens is 2. The number of benzene rings is 2. The fourth-order valence-electron chi connectivity index (χ4n) is 5.01. The lowest BCUT2D eigenvalue weighted by Crippen LogP contribution is -2.48. The lowest BCUT2D eigenvalue weighted by Gasteiger charge is -2.32. The van der Waals surface area contributed by atoms with Gasteiger partial charge in [0.1, 0.15) is 38.9 Å². The van der Waals surface area contributed by atoms with Crippen molar-refractivity contribution in [3.63, 3.8) is 0 Å². The molecule has 0 aliphatic carbocycles. The molecule has 0 aromatic heterocycles. The molecule has 10 nitrogen and oxygen atoms in total. The molecule has 2 amide bonds. The summed E-state index contributed by atoms with van der Waals surface area (Å²) in [4.78, 5) is 24.4. The molecule has 234 valence electrons. The monoisotopic (exact) mass is 588 g/mol. The van der Waals surface area contributed by atoms with Crippen molar-refractivity contribution in [1.82, 2.24) is 10.6 Å². The lowest BCUT2D eigenvalue weighted by molar-refractivity contribution is -0.906. The molecule has 10 heteroatoms. The molecule has 0 saturated carbocycles. The van der Waals surface area contributed by atoms with Gasteiger partial charge in [0.25, 0.3) is 0 Å². The summed E-state index contributed by atoms with van der Waals surface area (Å²) >= 11 is 0. The van der Waals surface area contributed by atoms with Crippen LogP contribution in [0.15, 0.2) is 60.7 Å². The second-order valence-electron chi connectivity index (χ2n) is 12.5. The van der Waals surface area contributed by atoms with Crippen molar-refractivity contribution in [3.05, 3.63) is 71.8 Å².